The first-order valence-electron chi connectivity index (χ1n) is 8.21. The largest absolute Gasteiger partial charge is 0.484 e. The molecule has 0 aliphatic carbocycles. The number of alkyl halides is 3. The number of aromatic nitrogens is 1. The fourth-order valence-electron chi connectivity index (χ4n) is 2.53. The zero-order valence-electron chi connectivity index (χ0n) is 14.2. The topological polar surface area (TPSA) is 43.3 Å². The summed E-state index contributed by atoms with van der Waals surface area (Å²) < 4.78 is 42.9. The lowest BCUT2D eigenvalue weighted by atomic mass is 10.2. The van der Waals surface area contributed by atoms with Gasteiger partial charge in [0, 0.05) is 18.4 Å². The molecule has 1 heterocycles. The molecule has 4 nitrogen and oxygen atoms in total. The minimum Gasteiger partial charge on any atom is -0.484 e. The lowest BCUT2D eigenvalue weighted by molar-refractivity contribution is -0.153. The zero-order valence-corrected chi connectivity index (χ0v) is 14.2. The number of rotatable bonds is 6. The van der Waals surface area contributed by atoms with E-state index >= 15 is 0 Å². The number of ether oxygens (including phenoxy) is 1. The van der Waals surface area contributed by atoms with E-state index < -0.39 is 12.8 Å². The molecule has 0 aliphatic rings. The van der Waals surface area contributed by atoms with E-state index in [0.29, 0.717) is 17.9 Å². The summed E-state index contributed by atoms with van der Waals surface area (Å²) in [7, 11) is 0. The van der Waals surface area contributed by atoms with E-state index in [4.69, 9.17) is 0 Å². The number of hydrogen-bond donors (Lipinski definition) is 1. The molecule has 0 bridgehead atoms. The van der Waals surface area contributed by atoms with E-state index in [-0.39, 0.29) is 11.7 Å². The maximum atomic E-state index is 12.5. The van der Waals surface area contributed by atoms with Gasteiger partial charge in [0.05, 0.1) is 0 Å². The van der Waals surface area contributed by atoms with Crippen molar-refractivity contribution in [1.82, 2.24) is 4.57 Å². The average Bonchev–Trinajstić information content (AvgIpc) is 3.09. The number of amides is 1. The Morgan fingerprint density at radius 3 is 2.33 bits per heavy atom. The zero-order chi connectivity index (χ0) is 19.3. The van der Waals surface area contributed by atoms with Crippen LogP contribution < -0.4 is 10.1 Å². The van der Waals surface area contributed by atoms with Crippen LogP contribution >= 0.6 is 0 Å². The van der Waals surface area contributed by atoms with E-state index in [1.54, 1.807) is 12.1 Å². The maximum Gasteiger partial charge on any atom is 0.422 e. The van der Waals surface area contributed by atoms with Gasteiger partial charge in [0.15, 0.2) is 6.61 Å². The van der Waals surface area contributed by atoms with Crippen LogP contribution in [0.15, 0.2) is 72.9 Å². The van der Waals surface area contributed by atoms with Gasteiger partial charge >= 0.3 is 6.18 Å². The highest BCUT2D eigenvalue weighted by Gasteiger charge is 2.28. The van der Waals surface area contributed by atoms with Crippen molar-refractivity contribution in [3.63, 3.8) is 0 Å². The second kappa shape index (κ2) is 7.99. The third kappa shape index (κ3) is 5.37. The molecule has 0 spiro atoms. The van der Waals surface area contributed by atoms with Gasteiger partial charge in [0.2, 0.25) is 0 Å². The van der Waals surface area contributed by atoms with Crippen molar-refractivity contribution in [3.8, 4) is 5.75 Å². The van der Waals surface area contributed by atoms with Gasteiger partial charge in [-0.05, 0) is 42.0 Å². The van der Waals surface area contributed by atoms with Gasteiger partial charge in [0.1, 0.15) is 11.4 Å². The molecule has 3 aromatic rings. The summed E-state index contributed by atoms with van der Waals surface area (Å²) in [5, 5.41) is 2.73. The van der Waals surface area contributed by atoms with Crippen molar-refractivity contribution in [1.29, 1.82) is 0 Å². The Morgan fingerprint density at radius 1 is 0.963 bits per heavy atom. The van der Waals surface area contributed by atoms with Crippen molar-refractivity contribution >= 4 is 11.6 Å². The Bertz CT molecular complexity index is 888. The van der Waals surface area contributed by atoms with Crippen molar-refractivity contribution in [2.24, 2.45) is 0 Å². The fourth-order valence-corrected chi connectivity index (χ4v) is 2.53. The second-order valence-electron chi connectivity index (χ2n) is 5.89. The number of benzene rings is 2. The maximum absolute atomic E-state index is 12.5. The number of halogens is 3. The minimum absolute atomic E-state index is 0.0813. The third-order valence-electron chi connectivity index (χ3n) is 3.77. The summed E-state index contributed by atoms with van der Waals surface area (Å²) >= 11 is 0. The molecule has 0 radical (unpaired) electrons. The molecule has 27 heavy (non-hydrogen) atoms. The van der Waals surface area contributed by atoms with Gasteiger partial charge in [0.25, 0.3) is 5.91 Å². The molecule has 3 rings (SSSR count). The van der Waals surface area contributed by atoms with Crippen molar-refractivity contribution in [3.05, 3.63) is 84.2 Å². The highest BCUT2D eigenvalue weighted by atomic mass is 19.4. The Hall–Kier alpha value is -3.22. The van der Waals surface area contributed by atoms with Gasteiger partial charge in [-0.2, -0.15) is 13.2 Å². The van der Waals surface area contributed by atoms with Crippen molar-refractivity contribution in [2.75, 3.05) is 11.9 Å². The molecular formula is C20H17F3N2O2. The number of nitrogens with one attached hydrogen (secondary N) is 1. The molecule has 0 saturated carbocycles. The van der Waals surface area contributed by atoms with Crippen LogP contribution in [0.2, 0.25) is 0 Å². The number of hydrogen-bond acceptors (Lipinski definition) is 2. The SMILES string of the molecule is O=C(Nc1ccc(OCC(F)(F)F)cc1)c1cccn1Cc1ccccc1. The van der Waals surface area contributed by atoms with Crippen LogP contribution in [0, 0.1) is 0 Å². The molecule has 140 valence electrons. The first-order valence-corrected chi connectivity index (χ1v) is 8.21. The van der Waals surface area contributed by atoms with Crippen LogP contribution in [-0.2, 0) is 6.54 Å². The molecule has 1 aromatic heterocycles. The van der Waals surface area contributed by atoms with E-state index in [0.717, 1.165) is 5.56 Å². The molecular weight excluding hydrogens is 357 g/mol. The average molecular weight is 374 g/mol. The summed E-state index contributed by atoms with van der Waals surface area (Å²) in [6.07, 6.45) is -2.58. The molecule has 1 N–H and O–H groups in total. The van der Waals surface area contributed by atoms with Crippen molar-refractivity contribution in [2.45, 2.75) is 12.7 Å². The summed E-state index contributed by atoms with van der Waals surface area (Å²) in [5.74, 6) is -0.224. The van der Waals surface area contributed by atoms with E-state index in [2.05, 4.69) is 10.1 Å². The second-order valence-corrected chi connectivity index (χ2v) is 5.89. The summed E-state index contributed by atoms with van der Waals surface area (Å²) in [6, 6.07) is 19.0. The normalized spacial score (nSPS) is 11.2. The summed E-state index contributed by atoms with van der Waals surface area (Å²) in [5.41, 5.74) is 2.01. The quantitative estimate of drug-likeness (QED) is 0.678. The molecule has 1 amide bonds. The van der Waals surface area contributed by atoms with E-state index in [9.17, 15) is 18.0 Å². The Morgan fingerprint density at radius 2 is 1.67 bits per heavy atom. The smallest absolute Gasteiger partial charge is 0.422 e. The van der Waals surface area contributed by atoms with Crippen molar-refractivity contribution < 1.29 is 22.7 Å². The Labute approximate surface area is 154 Å². The molecule has 0 unspecified atom stereocenters. The van der Waals surface area contributed by atoms with Crippen LogP contribution in [-0.4, -0.2) is 23.3 Å². The lowest BCUT2D eigenvalue weighted by Crippen LogP contribution is -2.19. The standard InChI is InChI=1S/C20H17F3N2O2/c21-20(22,23)14-27-17-10-8-16(9-11-17)24-19(26)18-7-4-12-25(18)13-15-5-2-1-3-6-15/h1-12H,13-14H2,(H,24,26). The van der Waals surface area contributed by atoms with E-state index in [1.165, 1.54) is 24.3 Å². The molecule has 0 aliphatic heterocycles. The first kappa shape index (κ1) is 18.6. The minimum atomic E-state index is -4.39. The van der Waals surface area contributed by atoms with Crippen LogP contribution in [0.25, 0.3) is 0 Å². The van der Waals surface area contributed by atoms with Crippen LogP contribution in [0.3, 0.4) is 0 Å². The fraction of sp³-hybridized carbons (Fsp3) is 0.150. The summed E-state index contributed by atoms with van der Waals surface area (Å²) in [4.78, 5) is 12.5. The number of nitrogens with zero attached hydrogens (tertiary/aromatic N) is 1. The Kier molecular flexibility index (Phi) is 5.49. The predicted octanol–water partition coefficient (Wildman–Crippen LogP) is 4.73. The first-order chi connectivity index (χ1) is 12.9. The summed E-state index contributed by atoms with van der Waals surface area (Å²) in [6.45, 7) is -0.799. The van der Waals surface area contributed by atoms with Crippen LogP contribution in [0.4, 0.5) is 18.9 Å². The lowest BCUT2D eigenvalue weighted by Gasteiger charge is -2.11. The van der Waals surface area contributed by atoms with Gasteiger partial charge in [-0.1, -0.05) is 30.3 Å². The Balaban J connectivity index is 1.63. The van der Waals surface area contributed by atoms with E-state index in [1.807, 2.05) is 41.1 Å². The van der Waals surface area contributed by atoms with Gasteiger partial charge in [-0.15, -0.1) is 0 Å². The molecule has 0 saturated heterocycles. The number of anilines is 1. The molecule has 7 heteroatoms. The molecule has 0 fully saturated rings. The van der Waals surface area contributed by atoms with Gasteiger partial charge < -0.3 is 14.6 Å². The monoisotopic (exact) mass is 374 g/mol. The van der Waals surface area contributed by atoms with Crippen LogP contribution in [0.5, 0.6) is 5.75 Å². The van der Waals surface area contributed by atoms with Gasteiger partial charge in [-0.3, -0.25) is 4.79 Å². The number of carbonyl (C=O) groups excluding carboxylic acids is 1. The molecule has 0 atom stereocenters. The van der Waals surface area contributed by atoms with Crippen LogP contribution in [0.1, 0.15) is 16.1 Å². The third-order valence-corrected chi connectivity index (χ3v) is 3.77. The molecule has 2 aromatic carbocycles. The highest BCUT2D eigenvalue weighted by molar-refractivity contribution is 6.03. The predicted molar refractivity (Wildman–Crippen MR) is 95.9 cm³/mol. The van der Waals surface area contributed by atoms with Gasteiger partial charge in [-0.25, -0.2) is 0 Å². The highest BCUT2D eigenvalue weighted by Crippen LogP contribution is 2.20. The number of carbonyl (C=O) groups is 1.